The first-order valence-electron chi connectivity index (χ1n) is 8.09. The van der Waals surface area contributed by atoms with Gasteiger partial charge in [0, 0.05) is 0 Å². The minimum atomic E-state index is -0.183. The van der Waals surface area contributed by atoms with Crippen molar-refractivity contribution in [1.82, 2.24) is 10.2 Å². The topological polar surface area (TPSA) is 67.9 Å². The molecule has 1 saturated heterocycles. The Bertz CT molecular complexity index is 594. The molecule has 1 aliphatic heterocycles. The summed E-state index contributed by atoms with van der Waals surface area (Å²) in [6, 6.07) is 5.47. The van der Waals surface area contributed by atoms with Crippen LogP contribution >= 0.6 is 11.8 Å². The number of hydrogen-bond acceptors (Lipinski definition) is 5. The number of nitrogens with one attached hydrogen (secondary N) is 1. The molecule has 1 N–H and O–H groups in total. The molecule has 0 radical (unpaired) electrons. The van der Waals surface area contributed by atoms with Crippen molar-refractivity contribution in [3.8, 4) is 11.5 Å². The maximum Gasteiger partial charge on any atom is 0.240 e. The van der Waals surface area contributed by atoms with Crippen LogP contribution in [0.5, 0.6) is 11.5 Å². The van der Waals surface area contributed by atoms with E-state index in [4.69, 9.17) is 9.47 Å². The highest BCUT2D eigenvalue weighted by molar-refractivity contribution is 8.00. The first-order valence-corrected chi connectivity index (χ1v) is 9.25. The van der Waals surface area contributed by atoms with Crippen LogP contribution in [0.25, 0.3) is 0 Å². The third kappa shape index (κ3) is 4.80. The Hall–Kier alpha value is -1.89. The number of carbonyl (C=O) groups is 2. The van der Waals surface area contributed by atoms with Crippen molar-refractivity contribution >= 4 is 23.6 Å². The fourth-order valence-corrected chi connectivity index (χ4v) is 3.33. The Morgan fingerprint density at radius 1 is 1.29 bits per heavy atom. The Balaban J connectivity index is 2.00. The number of carbonyl (C=O) groups excluding carboxylic acids is 2. The molecule has 1 heterocycles. The van der Waals surface area contributed by atoms with Crippen LogP contribution in [-0.4, -0.2) is 48.1 Å². The predicted octanol–water partition coefficient (Wildman–Crippen LogP) is 2.19. The van der Waals surface area contributed by atoms with Gasteiger partial charge in [-0.25, -0.2) is 0 Å². The summed E-state index contributed by atoms with van der Waals surface area (Å²) in [7, 11) is 0. The van der Waals surface area contributed by atoms with Crippen molar-refractivity contribution in [2.75, 3.05) is 31.4 Å². The van der Waals surface area contributed by atoms with Gasteiger partial charge in [-0.3, -0.25) is 9.59 Å². The molecule has 2 rings (SSSR count). The molecule has 0 spiro atoms. The molecule has 0 bridgehead atoms. The third-order valence-corrected chi connectivity index (χ3v) is 4.55. The zero-order valence-electron chi connectivity index (χ0n) is 14.3. The van der Waals surface area contributed by atoms with Crippen molar-refractivity contribution < 1.29 is 19.1 Å². The van der Waals surface area contributed by atoms with Crippen LogP contribution in [0.3, 0.4) is 0 Å². The Morgan fingerprint density at radius 2 is 2.00 bits per heavy atom. The number of thioether (sulfide) groups is 1. The normalized spacial score (nSPS) is 15.3. The van der Waals surface area contributed by atoms with E-state index in [0.717, 1.165) is 5.56 Å². The van der Waals surface area contributed by atoms with Gasteiger partial charge in [0.1, 0.15) is 6.54 Å². The number of nitrogens with zero attached hydrogens (tertiary/aromatic N) is 1. The van der Waals surface area contributed by atoms with Crippen LogP contribution in [0.4, 0.5) is 0 Å². The number of hydrogen-bond donors (Lipinski definition) is 1. The van der Waals surface area contributed by atoms with E-state index in [1.54, 1.807) is 4.90 Å². The number of amides is 2. The van der Waals surface area contributed by atoms with Gasteiger partial charge in [-0.2, -0.15) is 0 Å². The van der Waals surface area contributed by atoms with Crippen molar-refractivity contribution in [3.63, 3.8) is 0 Å². The van der Waals surface area contributed by atoms with Crippen LogP contribution in [0.15, 0.2) is 18.2 Å². The lowest BCUT2D eigenvalue weighted by molar-refractivity contribution is -0.132. The van der Waals surface area contributed by atoms with Crippen molar-refractivity contribution in [2.45, 2.75) is 26.8 Å². The summed E-state index contributed by atoms with van der Waals surface area (Å²) in [6.45, 7) is 6.95. The minimum absolute atomic E-state index is 0.0162. The van der Waals surface area contributed by atoms with Gasteiger partial charge in [0.05, 0.1) is 30.9 Å². The van der Waals surface area contributed by atoms with Gasteiger partial charge in [0.2, 0.25) is 11.8 Å². The maximum absolute atomic E-state index is 12.1. The quantitative estimate of drug-likeness (QED) is 0.777. The van der Waals surface area contributed by atoms with Gasteiger partial charge in [-0.15, -0.1) is 11.8 Å². The first kappa shape index (κ1) is 18.4. The molecule has 1 aromatic carbocycles. The van der Waals surface area contributed by atoms with Gasteiger partial charge in [-0.1, -0.05) is 6.07 Å². The van der Waals surface area contributed by atoms with E-state index in [1.165, 1.54) is 11.8 Å². The summed E-state index contributed by atoms with van der Waals surface area (Å²) < 4.78 is 11.2. The molecule has 0 aromatic heterocycles. The van der Waals surface area contributed by atoms with Crippen LogP contribution < -0.4 is 14.8 Å². The number of benzene rings is 1. The van der Waals surface area contributed by atoms with E-state index in [-0.39, 0.29) is 24.4 Å². The second-order valence-corrected chi connectivity index (χ2v) is 6.39. The standard InChI is InChI=1S/C17H24N2O4S/c1-4-22-14-7-6-13(8-15(14)23-5-2)12(3)18-16(20)9-19-11-24-10-17(19)21/h6-8,12H,4-5,9-11H2,1-3H3,(H,18,20)/t12-/m0/s1. The average Bonchev–Trinajstić information content (AvgIpc) is 2.94. The summed E-state index contributed by atoms with van der Waals surface area (Å²) in [4.78, 5) is 25.3. The zero-order chi connectivity index (χ0) is 17.5. The lowest BCUT2D eigenvalue weighted by Gasteiger charge is -2.19. The van der Waals surface area contributed by atoms with E-state index >= 15 is 0 Å². The number of rotatable bonds is 8. The molecule has 1 aliphatic rings. The van der Waals surface area contributed by atoms with Crippen molar-refractivity contribution in [3.05, 3.63) is 23.8 Å². The highest BCUT2D eigenvalue weighted by Crippen LogP contribution is 2.30. The zero-order valence-corrected chi connectivity index (χ0v) is 15.1. The summed E-state index contributed by atoms with van der Waals surface area (Å²) in [5.74, 6) is 2.26. The maximum atomic E-state index is 12.1. The molecule has 0 unspecified atom stereocenters. The molecule has 2 amide bonds. The van der Waals surface area contributed by atoms with Gasteiger partial charge in [-0.05, 0) is 38.5 Å². The molecular weight excluding hydrogens is 328 g/mol. The van der Waals surface area contributed by atoms with E-state index in [9.17, 15) is 9.59 Å². The van der Waals surface area contributed by atoms with Gasteiger partial charge in [0.15, 0.2) is 11.5 Å². The second kappa shape index (κ2) is 8.82. The monoisotopic (exact) mass is 352 g/mol. The molecule has 132 valence electrons. The van der Waals surface area contributed by atoms with Crippen LogP contribution in [-0.2, 0) is 9.59 Å². The van der Waals surface area contributed by atoms with Crippen LogP contribution in [0, 0.1) is 0 Å². The van der Waals surface area contributed by atoms with E-state index in [0.29, 0.717) is 36.3 Å². The summed E-state index contributed by atoms with van der Waals surface area (Å²) in [5, 5.41) is 2.93. The SMILES string of the molecule is CCOc1ccc([C@H](C)NC(=O)CN2CSCC2=O)cc1OCC. The lowest BCUT2D eigenvalue weighted by atomic mass is 10.1. The summed E-state index contributed by atoms with van der Waals surface area (Å²) in [5.41, 5.74) is 0.928. The lowest BCUT2D eigenvalue weighted by Crippen LogP contribution is -2.39. The molecular formula is C17H24N2O4S. The fraction of sp³-hybridized carbons (Fsp3) is 0.529. The summed E-state index contributed by atoms with van der Waals surface area (Å²) >= 11 is 1.53. The molecule has 1 atom stereocenters. The Morgan fingerprint density at radius 3 is 2.62 bits per heavy atom. The molecule has 6 nitrogen and oxygen atoms in total. The fourth-order valence-electron chi connectivity index (χ4n) is 2.42. The Kier molecular flexibility index (Phi) is 6.78. The van der Waals surface area contributed by atoms with Crippen molar-refractivity contribution in [1.29, 1.82) is 0 Å². The highest BCUT2D eigenvalue weighted by Gasteiger charge is 2.23. The smallest absolute Gasteiger partial charge is 0.240 e. The average molecular weight is 352 g/mol. The molecule has 0 aliphatic carbocycles. The van der Waals surface area contributed by atoms with Crippen LogP contribution in [0.2, 0.25) is 0 Å². The van der Waals surface area contributed by atoms with Gasteiger partial charge in [0.25, 0.3) is 0 Å². The molecule has 24 heavy (non-hydrogen) atoms. The second-order valence-electron chi connectivity index (χ2n) is 5.43. The molecule has 7 heteroatoms. The summed E-state index contributed by atoms with van der Waals surface area (Å²) in [6.07, 6.45) is 0. The van der Waals surface area contributed by atoms with E-state index in [1.807, 2.05) is 39.0 Å². The van der Waals surface area contributed by atoms with Gasteiger partial charge >= 0.3 is 0 Å². The molecule has 0 saturated carbocycles. The Labute approximate surface area is 146 Å². The predicted molar refractivity (Wildman–Crippen MR) is 94.4 cm³/mol. The van der Waals surface area contributed by atoms with E-state index in [2.05, 4.69) is 5.32 Å². The van der Waals surface area contributed by atoms with Gasteiger partial charge < -0.3 is 19.7 Å². The van der Waals surface area contributed by atoms with Crippen molar-refractivity contribution in [2.24, 2.45) is 0 Å². The molecule has 1 fully saturated rings. The number of ether oxygens (including phenoxy) is 2. The third-order valence-electron chi connectivity index (χ3n) is 3.60. The van der Waals surface area contributed by atoms with Crippen LogP contribution in [0.1, 0.15) is 32.4 Å². The van der Waals surface area contributed by atoms with E-state index < -0.39 is 0 Å². The minimum Gasteiger partial charge on any atom is -0.490 e. The highest BCUT2D eigenvalue weighted by atomic mass is 32.2. The largest absolute Gasteiger partial charge is 0.490 e. The first-order chi connectivity index (χ1) is 11.5. The molecule has 1 aromatic rings.